The van der Waals surface area contributed by atoms with Crippen LogP contribution in [-0.2, 0) is 6.61 Å². The van der Waals surface area contributed by atoms with Crippen molar-refractivity contribution < 1.29 is 5.11 Å². The fourth-order valence-corrected chi connectivity index (χ4v) is 1.70. The molecule has 0 unspecified atom stereocenters. The molecular weight excluding hydrogens is 234 g/mol. The molecule has 0 aliphatic carbocycles. The van der Waals surface area contributed by atoms with Crippen molar-refractivity contribution in [3.8, 4) is 0 Å². The van der Waals surface area contributed by atoms with Crippen LogP contribution in [0.15, 0.2) is 17.0 Å². The van der Waals surface area contributed by atoms with Gasteiger partial charge in [-0.05, 0) is 28.4 Å². The molecule has 5 heteroatoms. The van der Waals surface area contributed by atoms with Crippen molar-refractivity contribution in [2.75, 3.05) is 0 Å². The summed E-state index contributed by atoms with van der Waals surface area (Å²) in [5, 5.41) is 13.2. The number of nitrogens with zero attached hydrogens (tertiary/aromatic N) is 3. The molecule has 13 heavy (non-hydrogen) atoms. The van der Waals surface area contributed by atoms with Gasteiger partial charge < -0.3 is 5.11 Å². The van der Waals surface area contributed by atoms with E-state index in [4.69, 9.17) is 5.11 Å². The number of hydrogen-bond acceptors (Lipinski definition) is 3. The molecule has 0 amide bonds. The summed E-state index contributed by atoms with van der Waals surface area (Å²) in [4.78, 5) is 4.06. The molecule has 2 rings (SSSR count). The van der Waals surface area contributed by atoms with E-state index in [-0.39, 0.29) is 6.61 Å². The van der Waals surface area contributed by atoms with E-state index >= 15 is 0 Å². The zero-order chi connectivity index (χ0) is 9.42. The van der Waals surface area contributed by atoms with Gasteiger partial charge in [-0.1, -0.05) is 0 Å². The lowest BCUT2D eigenvalue weighted by Gasteiger charge is -2.05. The molecular formula is C8H8BrN3O. The Morgan fingerprint density at radius 1 is 1.62 bits per heavy atom. The first kappa shape index (κ1) is 8.65. The molecule has 0 bridgehead atoms. The van der Waals surface area contributed by atoms with Crippen LogP contribution in [-0.4, -0.2) is 19.7 Å². The fraction of sp³-hybridized carbons (Fsp3) is 0.250. The molecule has 2 aromatic rings. The van der Waals surface area contributed by atoms with Crippen LogP contribution >= 0.6 is 15.9 Å². The first-order valence-electron chi connectivity index (χ1n) is 3.82. The van der Waals surface area contributed by atoms with E-state index in [1.165, 1.54) is 6.33 Å². The molecule has 2 heterocycles. The van der Waals surface area contributed by atoms with Crippen molar-refractivity contribution in [2.45, 2.75) is 13.5 Å². The molecule has 1 N–H and O–H groups in total. The van der Waals surface area contributed by atoms with Crippen molar-refractivity contribution in [3.05, 3.63) is 28.1 Å². The molecule has 2 aromatic heterocycles. The zero-order valence-corrected chi connectivity index (χ0v) is 8.61. The van der Waals surface area contributed by atoms with E-state index in [2.05, 4.69) is 26.0 Å². The maximum Gasteiger partial charge on any atom is 0.161 e. The lowest BCUT2D eigenvalue weighted by atomic mass is 10.1. The van der Waals surface area contributed by atoms with Crippen LogP contribution in [0.2, 0.25) is 0 Å². The third-order valence-corrected chi connectivity index (χ3v) is 2.85. The summed E-state index contributed by atoms with van der Waals surface area (Å²) in [6.07, 6.45) is 3.30. The van der Waals surface area contributed by atoms with Gasteiger partial charge in [-0.3, -0.25) is 0 Å². The average molecular weight is 242 g/mol. The smallest absolute Gasteiger partial charge is 0.161 e. The van der Waals surface area contributed by atoms with E-state index in [0.717, 1.165) is 15.6 Å². The number of rotatable bonds is 1. The third kappa shape index (κ3) is 1.24. The van der Waals surface area contributed by atoms with E-state index in [9.17, 15) is 0 Å². The number of pyridine rings is 1. The molecule has 68 valence electrons. The summed E-state index contributed by atoms with van der Waals surface area (Å²) >= 11 is 3.39. The number of fused-ring (bicyclic) bond motifs is 1. The van der Waals surface area contributed by atoms with Crippen molar-refractivity contribution in [1.82, 2.24) is 14.6 Å². The molecule has 0 aromatic carbocycles. The molecule has 4 nitrogen and oxygen atoms in total. The molecule has 0 aliphatic rings. The highest BCUT2D eigenvalue weighted by molar-refractivity contribution is 9.10. The van der Waals surface area contributed by atoms with Gasteiger partial charge in [0.15, 0.2) is 5.65 Å². The highest BCUT2D eigenvalue weighted by Gasteiger charge is 2.09. The predicted molar refractivity (Wildman–Crippen MR) is 51.3 cm³/mol. The second kappa shape index (κ2) is 3.08. The van der Waals surface area contributed by atoms with E-state index < -0.39 is 0 Å². The lowest BCUT2D eigenvalue weighted by Crippen LogP contribution is -1.98. The fourth-order valence-electron chi connectivity index (χ4n) is 1.27. The topological polar surface area (TPSA) is 50.4 Å². The quantitative estimate of drug-likeness (QED) is 0.819. The third-order valence-electron chi connectivity index (χ3n) is 2.05. The Labute approximate surface area is 83.3 Å². The molecule has 0 atom stereocenters. The Hall–Kier alpha value is -0.940. The summed E-state index contributed by atoms with van der Waals surface area (Å²) in [5.41, 5.74) is 2.53. The number of hydrogen-bond donors (Lipinski definition) is 1. The zero-order valence-electron chi connectivity index (χ0n) is 7.03. The van der Waals surface area contributed by atoms with Crippen LogP contribution in [0, 0.1) is 6.92 Å². The van der Waals surface area contributed by atoms with E-state index in [1.807, 2.05) is 13.1 Å². The van der Waals surface area contributed by atoms with Crippen LogP contribution in [0.3, 0.4) is 0 Å². The monoisotopic (exact) mass is 241 g/mol. The van der Waals surface area contributed by atoms with Gasteiger partial charge in [-0.15, -0.1) is 0 Å². The average Bonchev–Trinajstić information content (AvgIpc) is 2.54. The maximum atomic E-state index is 9.16. The molecule has 0 radical (unpaired) electrons. The molecule has 0 fully saturated rings. The minimum Gasteiger partial charge on any atom is -0.392 e. The minimum atomic E-state index is -0.0204. The summed E-state index contributed by atoms with van der Waals surface area (Å²) < 4.78 is 2.57. The summed E-state index contributed by atoms with van der Waals surface area (Å²) in [6.45, 7) is 1.91. The van der Waals surface area contributed by atoms with Crippen LogP contribution < -0.4 is 0 Å². The lowest BCUT2D eigenvalue weighted by molar-refractivity contribution is 0.281. The molecule has 0 aliphatic heterocycles. The summed E-state index contributed by atoms with van der Waals surface area (Å²) in [7, 11) is 0. The number of halogens is 1. The van der Waals surface area contributed by atoms with Gasteiger partial charge >= 0.3 is 0 Å². The number of aliphatic hydroxyl groups excluding tert-OH is 1. The van der Waals surface area contributed by atoms with E-state index in [0.29, 0.717) is 5.65 Å². The van der Waals surface area contributed by atoms with Crippen molar-refractivity contribution in [1.29, 1.82) is 0 Å². The molecule has 0 spiro atoms. The first-order valence-corrected chi connectivity index (χ1v) is 4.61. The SMILES string of the molecule is Cc1c(Br)cn2ncnc2c1CO. The molecule has 0 saturated carbocycles. The van der Waals surface area contributed by atoms with Crippen LogP contribution in [0.1, 0.15) is 11.1 Å². The second-order valence-corrected chi connectivity index (χ2v) is 3.62. The van der Waals surface area contributed by atoms with Crippen LogP contribution in [0.5, 0.6) is 0 Å². The summed E-state index contributed by atoms with van der Waals surface area (Å²) in [6, 6.07) is 0. The summed E-state index contributed by atoms with van der Waals surface area (Å²) in [5.74, 6) is 0. The standard InChI is InChI=1S/C8H8BrN3O/c1-5-6(3-13)8-10-4-11-12(8)2-7(5)9/h2,4,13H,3H2,1H3. The minimum absolute atomic E-state index is 0.0204. The number of aromatic nitrogens is 3. The Balaban J connectivity index is 2.87. The van der Waals surface area contributed by atoms with Crippen molar-refractivity contribution in [2.24, 2.45) is 0 Å². The Kier molecular flexibility index (Phi) is 2.05. The first-order chi connectivity index (χ1) is 6.24. The predicted octanol–water partition coefficient (Wildman–Crippen LogP) is 1.29. The molecule has 0 saturated heterocycles. The van der Waals surface area contributed by atoms with Crippen molar-refractivity contribution in [3.63, 3.8) is 0 Å². The van der Waals surface area contributed by atoms with Gasteiger partial charge in [-0.2, -0.15) is 5.10 Å². The number of aliphatic hydroxyl groups is 1. The second-order valence-electron chi connectivity index (χ2n) is 2.77. The Morgan fingerprint density at radius 3 is 3.08 bits per heavy atom. The van der Waals surface area contributed by atoms with Gasteiger partial charge in [0.1, 0.15) is 6.33 Å². The van der Waals surface area contributed by atoms with Gasteiger partial charge in [0.25, 0.3) is 0 Å². The van der Waals surface area contributed by atoms with Crippen molar-refractivity contribution >= 4 is 21.6 Å². The Bertz CT molecular complexity index is 452. The van der Waals surface area contributed by atoms with Gasteiger partial charge in [0, 0.05) is 16.2 Å². The van der Waals surface area contributed by atoms with Crippen LogP contribution in [0.25, 0.3) is 5.65 Å². The van der Waals surface area contributed by atoms with Gasteiger partial charge in [0.05, 0.1) is 6.61 Å². The van der Waals surface area contributed by atoms with Gasteiger partial charge in [0.2, 0.25) is 0 Å². The largest absolute Gasteiger partial charge is 0.392 e. The highest BCUT2D eigenvalue weighted by Crippen LogP contribution is 2.22. The normalized spacial score (nSPS) is 11.0. The highest BCUT2D eigenvalue weighted by atomic mass is 79.9. The van der Waals surface area contributed by atoms with E-state index in [1.54, 1.807) is 4.52 Å². The van der Waals surface area contributed by atoms with Gasteiger partial charge in [-0.25, -0.2) is 9.50 Å². The van der Waals surface area contributed by atoms with Crippen LogP contribution in [0.4, 0.5) is 0 Å². The Morgan fingerprint density at radius 2 is 2.38 bits per heavy atom. The maximum absolute atomic E-state index is 9.16.